The number of para-hydroxylation sites is 2. The van der Waals surface area contributed by atoms with Gasteiger partial charge in [0.25, 0.3) is 0 Å². The molecule has 8 aliphatic rings. The van der Waals surface area contributed by atoms with Crippen molar-refractivity contribution in [2.45, 2.75) is 275 Å². The van der Waals surface area contributed by atoms with Gasteiger partial charge in [-0.05, 0) is 194 Å². The van der Waals surface area contributed by atoms with Crippen LogP contribution in [-0.2, 0) is 56.9 Å². The highest BCUT2D eigenvalue weighted by molar-refractivity contribution is 9.09. The molecular formula is C87H114BrN12O20S2+. The number of fused-ring (bicyclic) bond motifs is 6. The fourth-order valence-electron chi connectivity index (χ4n) is 16.0. The first kappa shape index (κ1) is 94.0. The molecule has 3 aromatic heterocycles. The number of amides is 8. The number of carbonyl (C=O) groups is 11. The number of hydrogen-bond donors (Lipinski definition) is 8. The van der Waals surface area contributed by atoms with Gasteiger partial charge in [-0.15, -0.1) is 11.3 Å². The number of Topliss-reactive ketones (excluding diaryl/α,β-unsaturated/α-hetero) is 1. The number of ketones is 1. The van der Waals surface area contributed by atoms with Gasteiger partial charge in [-0.1, -0.05) is 90.2 Å². The van der Waals surface area contributed by atoms with Crippen LogP contribution in [0.2, 0.25) is 0 Å². The fraction of sp³-hybridized carbons (Fsp3) is 0.563. The molecule has 5 aromatic rings. The molecule has 2 saturated heterocycles. The van der Waals surface area contributed by atoms with Crippen LogP contribution in [0.25, 0.3) is 33.2 Å². The minimum Gasteiger partial charge on any atom is -0.488 e. The number of thiocarbonyl (C=S) groups is 1. The van der Waals surface area contributed by atoms with E-state index < -0.39 is 107 Å². The molecule has 7 heterocycles. The maximum absolute atomic E-state index is 14.6. The number of esters is 1. The zero-order valence-corrected chi connectivity index (χ0v) is 73.8. The summed E-state index contributed by atoms with van der Waals surface area (Å²) in [5.41, 5.74) is 6.75. The summed E-state index contributed by atoms with van der Waals surface area (Å²) in [5.74, 6) is -2.91. The van der Waals surface area contributed by atoms with Gasteiger partial charge in [-0.25, -0.2) is 38.9 Å². The number of ether oxygens (including phenoxy) is 7. The molecule has 122 heavy (non-hydrogen) atoms. The molecule has 8 amide bonds. The number of pyridine rings is 2. The van der Waals surface area contributed by atoms with Crippen molar-refractivity contribution in [2.75, 3.05) is 30.8 Å². The molecule has 660 valence electrons. The molecule has 10 atom stereocenters. The van der Waals surface area contributed by atoms with E-state index >= 15 is 0 Å². The van der Waals surface area contributed by atoms with Crippen LogP contribution in [-0.4, -0.2) is 211 Å². The highest BCUT2D eigenvalue weighted by atomic mass is 79.9. The summed E-state index contributed by atoms with van der Waals surface area (Å²) in [6.45, 7) is 17.6. The average Bonchev–Trinajstić information content (AvgIpc) is 1.58. The number of carbonyl (C=O) groups excluding carboxylic acids is 12. The topological polar surface area (TPSA) is 427 Å². The molecule has 32 nitrogen and oxygen atoms in total. The lowest BCUT2D eigenvalue weighted by Crippen LogP contribution is -2.56. The molecule has 6 fully saturated rings. The van der Waals surface area contributed by atoms with E-state index in [1.165, 1.54) is 28.2 Å². The Balaban J connectivity index is 0.000000223. The molecule has 4 aliphatic carbocycles. The van der Waals surface area contributed by atoms with Crippen LogP contribution in [0.4, 0.5) is 24.3 Å². The molecule has 4 saturated carbocycles. The van der Waals surface area contributed by atoms with Crippen molar-refractivity contribution >= 4 is 144 Å². The van der Waals surface area contributed by atoms with Gasteiger partial charge in [0.05, 0.1) is 59.3 Å². The van der Waals surface area contributed by atoms with E-state index in [1.807, 2.05) is 74.5 Å². The van der Waals surface area contributed by atoms with Crippen molar-refractivity contribution in [3.8, 4) is 22.9 Å². The molecule has 0 spiro atoms. The monoisotopic (exact) mass is 1790 g/mol. The Kier molecular flexibility index (Phi) is 33.7. The highest BCUT2D eigenvalue weighted by Gasteiger charge is 2.68. The number of aliphatic hydroxyl groups is 1. The van der Waals surface area contributed by atoms with Crippen LogP contribution in [0.5, 0.6) is 11.5 Å². The first-order valence-electron chi connectivity index (χ1n) is 42.0. The summed E-state index contributed by atoms with van der Waals surface area (Å²) in [7, 11) is 1.30. The maximum atomic E-state index is 14.6. The van der Waals surface area contributed by atoms with Gasteiger partial charge >= 0.3 is 36.3 Å². The third-order valence-corrected chi connectivity index (χ3v) is 23.5. The lowest BCUT2D eigenvalue weighted by molar-refractivity contribution is -0.372. The number of rotatable bonds is 16. The Hall–Kier alpha value is -10.3. The largest absolute Gasteiger partial charge is 0.605 e. The van der Waals surface area contributed by atoms with Gasteiger partial charge in [0.2, 0.25) is 29.2 Å². The van der Waals surface area contributed by atoms with E-state index in [0.29, 0.717) is 83.0 Å². The molecule has 2 unspecified atom stereocenters. The number of hydrogen-bond acceptors (Lipinski definition) is 24. The van der Waals surface area contributed by atoms with E-state index in [1.54, 1.807) is 59.1 Å². The summed E-state index contributed by atoms with van der Waals surface area (Å²) in [6.07, 6.45) is 18.2. The number of halogens is 1. The van der Waals surface area contributed by atoms with Crippen molar-refractivity contribution in [2.24, 2.45) is 17.6 Å². The number of alkyl carbamates (subject to hydrolysis) is 3. The second-order valence-corrected chi connectivity index (χ2v) is 34.6. The van der Waals surface area contributed by atoms with Gasteiger partial charge in [-0.2, -0.15) is 0 Å². The number of anilines is 1. The van der Waals surface area contributed by atoms with E-state index in [2.05, 4.69) is 81.5 Å². The molecule has 2 aromatic carbocycles. The number of methoxy groups -OCH3 is 1. The van der Waals surface area contributed by atoms with E-state index in [-0.39, 0.29) is 90.2 Å². The zero-order chi connectivity index (χ0) is 88.1. The van der Waals surface area contributed by atoms with Crippen molar-refractivity contribution < 1.29 is 95.4 Å². The predicted octanol–water partition coefficient (Wildman–Crippen LogP) is 12.1. The van der Waals surface area contributed by atoms with Crippen molar-refractivity contribution in [3.05, 3.63) is 95.0 Å². The molecule has 35 heteroatoms. The van der Waals surface area contributed by atoms with E-state index in [0.717, 1.165) is 106 Å². The molecule has 0 bridgehead atoms. The molecule has 4 aliphatic heterocycles. The lowest BCUT2D eigenvalue weighted by atomic mass is 10.0. The van der Waals surface area contributed by atoms with Crippen LogP contribution in [0, 0.1) is 25.7 Å². The lowest BCUT2D eigenvalue weighted by Gasteiger charge is -2.29. The van der Waals surface area contributed by atoms with Gasteiger partial charge in [-0.3, -0.25) is 39.0 Å². The van der Waals surface area contributed by atoms with Crippen LogP contribution in [0.1, 0.15) is 204 Å². The Morgan fingerprint density at radius 1 is 0.639 bits per heavy atom. The molecule has 13 rings (SSSR count). The number of nitrogens with zero attached hydrogens (tertiary/aromatic N) is 5. The van der Waals surface area contributed by atoms with Gasteiger partial charge in [0.15, 0.2) is 22.8 Å². The summed E-state index contributed by atoms with van der Waals surface area (Å²) < 4.78 is 44.5. The summed E-state index contributed by atoms with van der Waals surface area (Å²) in [6, 6.07) is 10.8. The second kappa shape index (κ2) is 43.7. The van der Waals surface area contributed by atoms with Crippen LogP contribution >= 0.6 is 39.5 Å². The van der Waals surface area contributed by atoms with Gasteiger partial charge < -0.3 is 75.1 Å². The third kappa shape index (κ3) is 25.2. The summed E-state index contributed by atoms with van der Waals surface area (Å²) in [5, 5.41) is 27.9. The quantitative estimate of drug-likeness (QED) is 0.00865. The Labute approximate surface area is 727 Å². The van der Waals surface area contributed by atoms with E-state index in [4.69, 9.17) is 48.7 Å². The predicted molar refractivity (Wildman–Crippen MR) is 463 cm³/mol. The van der Waals surface area contributed by atoms with E-state index in [9.17, 15) is 52.7 Å². The van der Waals surface area contributed by atoms with Crippen LogP contribution in [0.15, 0.2) is 78.2 Å². The summed E-state index contributed by atoms with van der Waals surface area (Å²) >= 11 is 8.85. The number of benzene rings is 2. The normalized spacial score (nSPS) is 24.8. The molecule has 0 radical (unpaired) electrons. The van der Waals surface area contributed by atoms with Crippen molar-refractivity contribution in [3.63, 3.8) is 0 Å². The van der Waals surface area contributed by atoms with Crippen LogP contribution in [0.3, 0.4) is 0 Å². The van der Waals surface area contributed by atoms with Crippen molar-refractivity contribution in [1.82, 2.24) is 51.3 Å². The number of nitrogens with one attached hydrogen (secondary N) is 6. The highest BCUT2D eigenvalue weighted by Crippen LogP contribution is 2.48. The second-order valence-electron chi connectivity index (χ2n) is 32.7. The minimum absolute atomic E-state index is 0.0280. The number of aromatic nitrogens is 3. The molecular weight excluding hydrogens is 1680 g/mol. The molecule has 9 N–H and O–H groups in total. The van der Waals surface area contributed by atoms with Crippen LogP contribution < -0.4 is 47.1 Å². The SMILES string of the molecule is C=[O+]C(=O)[C@@]12CC1/C=C\CCCCC[C@H](NC(=O)OC1CCCC1)C(=O)N1C[C@H](Oc3cc(C(=O)CBr)nc4c(C)cccc34)C[C@H]1C(=O)N2.CC(C)O.CC(C)OC(=O)NC(N)=S.COC(=O)[C@@]12CC1/C=C\CCCCC[C@H](NC(=O)OC1CCCC1)C(=O)N1C[C@H](Oc3cc(-c4csc(NC(=O)OC(C)C)n4)nc4c(C)cccc34)C[C@H]1C(=O)N2. The Morgan fingerprint density at radius 3 is 1.59 bits per heavy atom. The third-order valence-electron chi connectivity index (χ3n) is 22.1. The Bertz CT molecular complexity index is 4700. The maximum Gasteiger partial charge on any atom is 0.605 e. The minimum atomic E-state index is -1.28. The number of nitrogens with two attached hydrogens (primary N) is 1. The number of thiazole rings is 1. The first-order chi connectivity index (χ1) is 58.3. The Morgan fingerprint density at radius 2 is 1.11 bits per heavy atom. The fourth-order valence-corrected chi connectivity index (χ4v) is 17.0. The average molecular weight is 1790 g/mol. The number of aliphatic hydroxyl groups excluding tert-OH is 1. The van der Waals surface area contributed by atoms with Crippen molar-refractivity contribution in [1.29, 1.82) is 0 Å². The zero-order valence-electron chi connectivity index (χ0n) is 70.6. The number of aryl methyl sites for hydroxylation is 2. The summed E-state index contributed by atoms with van der Waals surface area (Å²) in [4.78, 5) is 163. The van der Waals surface area contributed by atoms with Gasteiger partial charge in [0.1, 0.15) is 77.0 Å². The standard InChI is InChI=1S/C42H52N6O9S.C37H43BrN4O8.C5H10N2O2S.C3H8O/c1-24(2)55-41(53)46-39-44-32(23-58-39)31-20-34(29-17-12-13-25(3)35(29)43-31)56-28-19-33-36(49)47-42(38(51)54-4)21-26(42)14-8-6-5-7-9-18-30(37(50)48(33)22-28)45-40(52)57-27-15-10-11-16-27;1-22-11-10-15-26-31(18-28(30(43)20-38)39-32(22)26)49-25-17-29-33(44)41-37(35(46)48-2)19-23(37)12-6-4-3-5-7-16-27(34(45)42(29)21-25)40-36(47)50-24-13-8-9-14-24;1-3(2)9-5(8)7-4(6)10;1-3(2)4/h8,12-14,17,20,23-24,26-28,30,33H,5-7,9-11,15-16,18-19,21-22H2,1-4H3,(H,45,52)(H,47,49)(H,44,46,53);6,10-12,15,18,23-25,27,29H,2-5,7-9,13-14,16-17,19-21H2,1H3,(H-,40,41,44,47);3H,1-2H3,(H3,6,7,8,10);3-4H,1-2H3/p+1/b14-8-;12-6-;;/t26?,28-,30+,33+,42-;23?,25-,27+,29+,37-;;/m11../s1. The smallest absolute Gasteiger partial charge is 0.488 e. The number of allylic oxidation sites excluding steroid dienone is 2. The number of alkyl halides is 1. The first-order valence-corrected chi connectivity index (χ1v) is 44.4. The van der Waals surface area contributed by atoms with Gasteiger partial charge in [0, 0.05) is 59.1 Å².